The monoisotopic (exact) mass is 287 g/mol. The molecule has 1 N–H and O–H groups in total. The SMILES string of the molecule is CNCC1CCC(C(C)(C)C)CC1Cc1ccc(C)cc1. The smallest absolute Gasteiger partial charge is 0.00208 e. The molecule has 1 aliphatic rings. The summed E-state index contributed by atoms with van der Waals surface area (Å²) in [6.07, 6.45) is 5.43. The minimum atomic E-state index is 0.455. The van der Waals surface area contributed by atoms with Crippen molar-refractivity contribution in [2.45, 2.75) is 53.4 Å². The fourth-order valence-electron chi connectivity index (χ4n) is 3.92. The molecule has 118 valence electrons. The fraction of sp³-hybridized carbons (Fsp3) is 0.700. The average Bonchev–Trinajstić information content (AvgIpc) is 2.42. The number of benzene rings is 1. The molecule has 1 aromatic carbocycles. The van der Waals surface area contributed by atoms with E-state index in [0.717, 1.165) is 17.8 Å². The first-order valence-corrected chi connectivity index (χ1v) is 8.60. The molecule has 3 unspecified atom stereocenters. The second kappa shape index (κ2) is 6.96. The van der Waals surface area contributed by atoms with Crippen molar-refractivity contribution in [2.24, 2.45) is 23.2 Å². The van der Waals surface area contributed by atoms with Crippen LogP contribution in [0.25, 0.3) is 0 Å². The van der Waals surface area contributed by atoms with E-state index in [0.29, 0.717) is 5.41 Å². The Morgan fingerprint density at radius 3 is 2.29 bits per heavy atom. The summed E-state index contributed by atoms with van der Waals surface area (Å²) < 4.78 is 0. The summed E-state index contributed by atoms with van der Waals surface area (Å²) in [4.78, 5) is 0. The lowest BCUT2D eigenvalue weighted by molar-refractivity contribution is 0.0980. The van der Waals surface area contributed by atoms with Crippen molar-refractivity contribution in [2.75, 3.05) is 13.6 Å². The molecule has 1 fully saturated rings. The van der Waals surface area contributed by atoms with Gasteiger partial charge < -0.3 is 5.32 Å². The first-order valence-electron chi connectivity index (χ1n) is 8.60. The second-order valence-electron chi connectivity index (χ2n) is 8.14. The van der Waals surface area contributed by atoms with Crippen LogP contribution in [-0.4, -0.2) is 13.6 Å². The molecule has 0 saturated heterocycles. The van der Waals surface area contributed by atoms with E-state index in [1.807, 2.05) is 0 Å². The Bertz CT molecular complexity index is 426. The maximum Gasteiger partial charge on any atom is -0.00208 e. The van der Waals surface area contributed by atoms with Gasteiger partial charge in [-0.1, -0.05) is 50.6 Å². The van der Waals surface area contributed by atoms with Crippen molar-refractivity contribution in [3.8, 4) is 0 Å². The number of rotatable bonds is 4. The molecule has 1 heteroatoms. The van der Waals surface area contributed by atoms with Gasteiger partial charge >= 0.3 is 0 Å². The van der Waals surface area contributed by atoms with E-state index in [1.54, 1.807) is 0 Å². The van der Waals surface area contributed by atoms with E-state index in [-0.39, 0.29) is 0 Å². The molecule has 1 saturated carbocycles. The van der Waals surface area contributed by atoms with Crippen molar-refractivity contribution >= 4 is 0 Å². The summed E-state index contributed by atoms with van der Waals surface area (Å²) in [5.74, 6) is 2.55. The molecule has 0 heterocycles. The number of hydrogen-bond donors (Lipinski definition) is 1. The van der Waals surface area contributed by atoms with Crippen LogP contribution >= 0.6 is 0 Å². The largest absolute Gasteiger partial charge is 0.319 e. The normalized spacial score (nSPS) is 26.8. The van der Waals surface area contributed by atoms with Crippen LogP contribution in [0.5, 0.6) is 0 Å². The van der Waals surface area contributed by atoms with Crippen LogP contribution in [0.2, 0.25) is 0 Å². The second-order valence-corrected chi connectivity index (χ2v) is 8.14. The molecule has 1 aromatic rings. The molecule has 0 amide bonds. The quantitative estimate of drug-likeness (QED) is 0.836. The highest BCUT2D eigenvalue weighted by Crippen LogP contribution is 2.43. The molecular weight excluding hydrogens is 254 g/mol. The van der Waals surface area contributed by atoms with Gasteiger partial charge in [-0.3, -0.25) is 0 Å². The van der Waals surface area contributed by atoms with Crippen LogP contribution in [0.4, 0.5) is 0 Å². The minimum Gasteiger partial charge on any atom is -0.319 e. The number of nitrogens with one attached hydrogen (secondary N) is 1. The summed E-state index contributed by atoms with van der Waals surface area (Å²) in [5.41, 5.74) is 3.33. The Hall–Kier alpha value is -0.820. The molecule has 0 radical (unpaired) electrons. The molecule has 0 aromatic heterocycles. The van der Waals surface area contributed by atoms with E-state index in [1.165, 1.54) is 43.4 Å². The van der Waals surface area contributed by atoms with Gasteiger partial charge in [0.05, 0.1) is 0 Å². The molecule has 21 heavy (non-hydrogen) atoms. The summed E-state index contributed by atoms with van der Waals surface area (Å²) in [6.45, 7) is 10.6. The van der Waals surface area contributed by atoms with Crippen LogP contribution < -0.4 is 5.32 Å². The Kier molecular flexibility index (Phi) is 5.48. The predicted octanol–water partition coefficient (Wildman–Crippen LogP) is 4.84. The Balaban J connectivity index is 2.08. The summed E-state index contributed by atoms with van der Waals surface area (Å²) >= 11 is 0. The third-order valence-corrected chi connectivity index (χ3v) is 5.45. The first-order chi connectivity index (χ1) is 9.90. The maximum atomic E-state index is 3.42. The molecule has 1 nitrogen and oxygen atoms in total. The van der Waals surface area contributed by atoms with Gasteiger partial charge in [-0.15, -0.1) is 0 Å². The molecule has 0 bridgehead atoms. The fourth-order valence-corrected chi connectivity index (χ4v) is 3.92. The highest BCUT2D eigenvalue weighted by Gasteiger charge is 2.35. The van der Waals surface area contributed by atoms with Gasteiger partial charge in [0, 0.05) is 0 Å². The third kappa shape index (κ3) is 4.57. The van der Waals surface area contributed by atoms with Crippen LogP contribution in [0.3, 0.4) is 0 Å². The van der Waals surface area contributed by atoms with Crippen molar-refractivity contribution < 1.29 is 0 Å². The van der Waals surface area contributed by atoms with Crippen molar-refractivity contribution in [1.29, 1.82) is 0 Å². The molecule has 2 rings (SSSR count). The lowest BCUT2D eigenvalue weighted by Gasteiger charge is -2.42. The highest BCUT2D eigenvalue weighted by atomic mass is 14.8. The maximum absolute atomic E-state index is 3.42. The molecular formula is C20H33N. The average molecular weight is 287 g/mol. The topological polar surface area (TPSA) is 12.0 Å². The third-order valence-electron chi connectivity index (χ3n) is 5.45. The van der Waals surface area contributed by atoms with Gasteiger partial charge in [-0.05, 0) is 74.9 Å². The summed E-state index contributed by atoms with van der Waals surface area (Å²) in [5, 5.41) is 3.42. The summed E-state index contributed by atoms with van der Waals surface area (Å²) in [6, 6.07) is 9.16. The van der Waals surface area contributed by atoms with E-state index in [9.17, 15) is 0 Å². The van der Waals surface area contributed by atoms with Gasteiger partial charge in [0.1, 0.15) is 0 Å². The molecule has 0 spiro atoms. The molecule has 0 aliphatic heterocycles. The standard InChI is InChI=1S/C20H33N/c1-15-6-8-16(9-7-15)12-18-13-19(20(2,3)4)11-10-17(18)14-21-5/h6-9,17-19,21H,10-14H2,1-5H3. The van der Waals surface area contributed by atoms with E-state index < -0.39 is 0 Å². The lowest BCUT2D eigenvalue weighted by atomic mass is 9.64. The minimum absolute atomic E-state index is 0.455. The first kappa shape index (κ1) is 16.5. The molecule has 1 aliphatic carbocycles. The van der Waals surface area contributed by atoms with E-state index in [2.05, 4.69) is 64.3 Å². The van der Waals surface area contributed by atoms with Crippen LogP contribution in [0.15, 0.2) is 24.3 Å². The van der Waals surface area contributed by atoms with E-state index in [4.69, 9.17) is 0 Å². The van der Waals surface area contributed by atoms with Crippen LogP contribution in [0, 0.1) is 30.1 Å². The zero-order chi connectivity index (χ0) is 15.5. The van der Waals surface area contributed by atoms with Gasteiger partial charge in [0.15, 0.2) is 0 Å². The van der Waals surface area contributed by atoms with Gasteiger partial charge in [0.25, 0.3) is 0 Å². The predicted molar refractivity (Wildman–Crippen MR) is 92.6 cm³/mol. The van der Waals surface area contributed by atoms with Gasteiger partial charge in [0.2, 0.25) is 0 Å². The van der Waals surface area contributed by atoms with Crippen LogP contribution in [-0.2, 0) is 6.42 Å². The summed E-state index contributed by atoms with van der Waals surface area (Å²) in [7, 11) is 2.10. The van der Waals surface area contributed by atoms with Crippen molar-refractivity contribution in [3.05, 3.63) is 35.4 Å². The molecule has 3 atom stereocenters. The van der Waals surface area contributed by atoms with Gasteiger partial charge in [-0.25, -0.2) is 0 Å². The highest BCUT2D eigenvalue weighted by molar-refractivity contribution is 5.22. The van der Waals surface area contributed by atoms with Crippen molar-refractivity contribution in [3.63, 3.8) is 0 Å². The lowest BCUT2D eigenvalue weighted by Crippen LogP contribution is -2.36. The zero-order valence-electron chi connectivity index (χ0n) is 14.6. The van der Waals surface area contributed by atoms with Gasteiger partial charge in [-0.2, -0.15) is 0 Å². The zero-order valence-corrected chi connectivity index (χ0v) is 14.6. The number of aryl methyl sites for hydroxylation is 1. The Morgan fingerprint density at radius 2 is 1.71 bits per heavy atom. The number of hydrogen-bond acceptors (Lipinski definition) is 1. The van der Waals surface area contributed by atoms with Crippen LogP contribution in [0.1, 0.15) is 51.2 Å². The Labute approximate surface area is 131 Å². The van der Waals surface area contributed by atoms with Crippen molar-refractivity contribution in [1.82, 2.24) is 5.32 Å². The van der Waals surface area contributed by atoms with E-state index >= 15 is 0 Å². The Morgan fingerprint density at radius 1 is 1.05 bits per heavy atom.